The Kier molecular flexibility index (Phi) is 5.07. The third-order valence-corrected chi connectivity index (χ3v) is 3.46. The molecule has 3 N–H and O–H groups in total. The zero-order valence-corrected chi connectivity index (χ0v) is 11.3. The standard InChI is InChI=1S/C13H21FN2O2/c1-5-13(2,18-4)12(16-15)10-7-6-9(17-3)8-11(10)14/h6-8,12,16H,5,15H2,1-4H3. The lowest BCUT2D eigenvalue weighted by Crippen LogP contribution is -2.46. The monoisotopic (exact) mass is 256 g/mol. The van der Waals surface area contributed by atoms with Crippen LogP contribution >= 0.6 is 0 Å². The lowest BCUT2D eigenvalue weighted by Gasteiger charge is -2.35. The number of halogens is 1. The van der Waals surface area contributed by atoms with Crippen LogP contribution in [0.25, 0.3) is 0 Å². The average molecular weight is 256 g/mol. The number of rotatable bonds is 6. The van der Waals surface area contributed by atoms with Crippen molar-refractivity contribution in [2.45, 2.75) is 31.9 Å². The molecule has 0 heterocycles. The summed E-state index contributed by atoms with van der Waals surface area (Å²) in [5, 5.41) is 0. The molecule has 0 saturated carbocycles. The van der Waals surface area contributed by atoms with Gasteiger partial charge in [-0.2, -0.15) is 0 Å². The highest BCUT2D eigenvalue weighted by Crippen LogP contribution is 2.33. The quantitative estimate of drug-likeness (QED) is 0.605. The summed E-state index contributed by atoms with van der Waals surface area (Å²) in [6.45, 7) is 3.86. The Morgan fingerprint density at radius 2 is 2.11 bits per heavy atom. The van der Waals surface area contributed by atoms with E-state index in [1.807, 2.05) is 13.8 Å². The van der Waals surface area contributed by atoms with Crippen molar-refractivity contribution in [1.29, 1.82) is 0 Å². The van der Waals surface area contributed by atoms with Crippen LogP contribution in [0, 0.1) is 5.82 Å². The second-order valence-electron chi connectivity index (χ2n) is 4.36. The second kappa shape index (κ2) is 6.13. The predicted octanol–water partition coefficient (Wildman–Crippen LogP) is 2.15. The molecular weight excluding hydrogens is 235 g/mol. The van der Waals surface area contributed by atoms with Crippen molar-refractivity contribution in [2.75, 3.05) is 14.2 Å². The summed E-state index contributed by atoms with van der Waals surface area (Å²) in [6, 6.07) is 4.27. The first-order chi connectivity index (χ1) is 8.52. The van der Waals surface area contributed by atoms with E-state index in [0.29, 0.717) is 17.7 Å². The molecule has 1 rings (SSSR count). The molecule has 0 aliphatic heterocycles. The number of hydrogen-bond acceptors (Lipinski definition) is 4. The molecule has 0 fully saturated rings. The Labute approximate surface area is 107 Å². The van der Waals surface area contributed by atoms with Crippen LogP contribution in [0.3, 0.4) is 0 Å². The predicted molar refractivity (Wildman–Crippen MR) is 68.7 cm³/mol. The van der Waals surface area contributed by atoms with E-state index in [-0.39, 0.29) is 5.82 Å². The molecule has 0 aliphatic rings. The summed E-state index contributed by atoms with van der Waals surface area (Å²) < 4.78 is 24.5. The minimum atomic E-state index is -0.579. The van der Waals surface area contributed by atoms with E-state index in [1.165, 1.54) is 13.2 Å². The van der Waals surface area contributed by atoms with Gasteiger partial charge in [-0.05, 0) is 19.4 Å². The Hall–Kier alpha value is -1.17. The lowest BCUT2D eigenvalue weighted by atomic mass is 9.88. The van der Waals surface area contributed by atoms with Gasteiger partial charge in [0.05, 0.1) is 18.8 Å². The van der Waals surface area contributed by atoms with Crippen LogP contribution in [-0.2, 0) is 4.74 Å². The summed E-state index contributed by atoms with van der Waals surface area (Å²) in [5.74, 6) is 5.66. The second-order valence-corrected chi connectivity index (χ2v) is 4.36. The van der Waals surface area contributed by atoms with E-state index >= 15 is 0 Å². The van der Waals surface area contributed by atoms with E-state index in [4.69, 9.17) is 15.3 Å². The largest absolute Gasteiger partial charge is 0.497 e. The number of hydrogen-bond donors (Lipinski definition) is 2. The summed E-state index contributed by atoms with van der Waals surface area (Å²) >= 11 is 0. The number of nitrogens with two attached hydrogens (primary N) is 1. The minimum Gasteiger partial charge on any atom is -0.497 e. The first kappa shape index (κ1) is 14.9. The highest BCUT2D eigenvalue weighted by Gasteiger charge is 2.34. The van der Waals surface area contributed by atoms with Gasteiger partial charge in [-0.1, -0.05) is 13.0 Å². The van der Waals surface area contributed by atoms with E-state index < -0.39 is 11.6 Å². The number of benzene rings is 1. The highest BCUT2D eigenvalue weighted by atomic mass is 19.1. The van der Waals surface area contributed by atoms with Gasteiger partial charge in [-0.3, -0.25) is 5.84 Å². The van der Waals surface area contributed by atoms with Gasteiger partial charge >= 0.3 is 0 Å². The third-order valence-electron chi connectivity index (χ3n) is 3.46. The fraction of sp³-hybridized carbons (Fsp3) is 0.538. The number of ether oxygens (including phenoxy) is 2. The van der Waals surface area contributed by atoms with E-state index in [2.05, 4.69) is 5.43 Å². The van der Waals surface area contributed by atoms with Crippen LogP contribution in [0.5, 0.6) is 5.75 Å². The van der Waals surface area contributed by atoms with Gasteiger partial charge in [0.15, 0.2) is 0 Å². The smallest absolute Gasteiger partial charge is 0.131 e. The average Bonchev–Trinajstić information content (AvgIpc) is 2.40. The molecule has 1 aromatic rings. The molecule has 0 amide bonds. The molecule has 1 aromatic carbocycles. The van der Waals surface area contributed by atoms with Gasteiger partial charge in [0.1, 0.15) is 11.6 Å². The van der Waals surface area contributed by atoms with E-state index in [1.54, 1.807) is 19.2 Å². The maximum absolute atomic E-state index is 14.0. The van der Waals surface area contributed by atoms with Gasteiger partial charge in [0.2, 0.25) is 0 Å². The maximum atomic E-state index is 14.0. The summed E-state index contributed by atoms with van der Waals surface area (Å²) in [6.07, 6.45) is 0.698. The molecule has 0 aromatic heterocycles. The third kappa shape index (κ3) is 2.80. The number of nitrogens with one attached hydrogen (secondary N) is 1. The summed E-state index contributed by atoms with van der Waals surface area (Å²) in [7, 11) is 3.09. The lowest BCUT2D eigenvalue weighted by molar-refractivity contribution is -0.0309. The van der Waals surface area contributed by atoms with Crippen molar-refractivity contribution in [2.24, 2.45) is 5.84 Å². The maximum Gasteiger partial charge on any atom is 0.131 e. The van der Waals surface area contributed by atoms with Gasteiger partial charge in [0.25, 0.3) is 0 Å². The van der Waals surface area contributed by atoms with Gasteiger partial charge in [0, 0.05) is 18.7 Å². The Balaban J connectivity index is 3.16. The Morgan fingerprint density at radius 3 is 2.50 bits per heavy atom. The van der Waals surface area contributed by atoms with Crippen LogP contribution in [0.1, 0.15) is 31.9 Å². The van der Waals surface area contributed by atoms with Crippen LogP contribution in [0.4, 0.5) is 4.39 Å². The van der Waals surface area contributed by atoms with Crippen LogP contribution < -0.4 is 16.0 Å². The van der Waals surface area contributed by atoms with Crippen LogP contribution in [0.2, 0.25) is 0 Å². The SMILES string of the molecule is CCC(C)(OC)C(NN)c1ccc(OC)cc1F. The van der Waals surface area contributed by atoms with E-state index in [9.17, 15) is 4.39 Å². The number of methoxy groups -OCH3 is 2. The molecule has 4 nitrogen and oxygen atoms in total. The van der Waals surface area contributed by atoms with Crippen molar-refractivity contribution in [1.82, 2.24) is 5.43 Å². The van der Waals surface area contributed by atoms with E-state index in [0.717, 1.165) is 0 Å². The molecule has 0 aliphatic carbocycles. The van der Waals surface area contributed by atoms with Crippen molar-refractivity contribution in [3.63, 3.8) is 0 Å². The molecule has 2 unspecified atom stereocenters. The van der Waals surface area contributed by atoms with Gasteiger partial charge in [-0.25, -0.2) is 9.82 Å². The normalized spacial score (nSPS) is 16.1. The molecular formula is C13H21FN2O2. The van der Waals surface area contributed by atoms with Crippen molar-refractivity contribution in [3.8, 4) is 5.75 Å². The molecule has 0 saturated heterocycles. The van der Waals surface area contributed by atoms with Gasteiger partial charge < -0.3 is 9.47 Å². The van der Waals surface area contributed by atoms with Gasteiger partial charge in [-0.15, -0.1) is 0 Å². The first-order valence-corrected chi connectivity index (χ1v) is 5.87. The van der Waals surface area contributed by atoms with Crippen molar-refractivity contribution in [3.05, 3.63) is 29.6 Å². The topological polar surface area (TPSA) is 56.5 Å². The molecule has 2 atom stereocenters. The molecule has 0 bridgehead atoms. The number of hydrazine groups is 1. The zero-order chi connectivity index (χ0) is 13.8. The van der Waals surface area contributed by atoms with Crippen molar-refractivity contribution >= 4 is 0 Å². The molecule has 102 valence electrons. The molecule has 5 heteroatoms. The molecule has 0 spiro atoms. The minimum absolute atomic E-state index is 0.367. The Bertz CT molecular complexity index is 395. The summed E-state index contributed by atoms with van der Waals surface area (Å²) in [5.41, 5.74) is 2.52. The fourth-order valence-electron chi connectivity index (χ4n) is 1.93. The fourth-order valence-corrected chi connectivity index (χ4v) is 1.93. The molecule has 18 heavy (non-hydrogen) atoms. The van der Waals surface area contributed by atoms with Crippen LogP contribution in [-0.4, -0.2) is 19.8 Å². The van der Waals surface area contributed by atoms with Crippen molar-refractivity contribution < 1.29 is 13.9 Å². The zero-order valence-electron chi connectivity index (χ0n) is 11.3. The summed E-state index contributed by atoms with van der Waals surface area (Å²) in [4.78, 5) is 0. The Morgan fingerprint density at radius 1 is 1.44 bits per heavy atom. The van der Waals surface area contributed by atoms with Crippen LogP contribution in [0.15, 0.2) is 18.2 Å². The highest BCUT2D eigenvalue weighted by molar-refractivity contribution is 5.32. The molecule has 0 radical (unpaired) electrons. The first-order valence-electron chi connectivity index (χ1n) is 5.87.